The van der Waals surface area contributed by atoms with Gasteiger partial charge in [-0.3, -0.25) is 4.99 Å². The number of nitrogens with zero attached hydrogens (tertiary/aromatic N) is 2. The van der Waals surface area contributed by atoms with E-state index in [1.807, 2.05) is 0 Å². The van der Waals surface area contributed by atoms with Crippen LogP contribution in [0.25, 0.3) is 0 Å². The van der Waals surface area contributed by atoms with Gasteiger partial charge in [0.25, 0.3) is 0 Å². The molecule has 0 aliphatic heterocycles. The Morgan fingerprint density at radius 2 is 2.09 bits per heavy atom. The van der Waals surface area contributed by atoms with Crippen LogP contribution >= 0.6 is 11.3 Å². The smallest absolute Gasteiger partial charge is 0.211 e. The average molecular weight is 362 g/mol. The van der Waals surface area contributed by atoms with Gasteiger partial charge in [0.05, 0.1) is 18.0 Å². The van der Waals surface area contributed by atoms with Crippen molar-refractivity contribution < 1.29 is 8.42 Å². The second-order valence-electron chi connectivity index (χ2n) is 5.32. The predicted molar refractivity (Wildman–Crippen MR) is 96.5 cm³/mol. The van der Waals surface area contributed by atoms with Crippen molar-refractivity contribution in [2.24, 2.45) is 4.99 Å². The first-order valence-electron chi connectivity index (χ1n) is 7.74. The third kappa shape index (κ3) is 7.76. The summed E-state index contributed by atoms with van der Waals surface area (Å²) < 4.78 is 25.1. The summed E-state index contributed by atoms with van der Waals surface area (Å²) in [7, 11) is -1.40. The number of sulfonamides is 1. The van der Waals surface area contributed by atoms with Crippen LogP contribution in [0, 0.1) is 0 Å². The molecule has 1 aromatic heterocycles. The standard InChI is InChI=1S/C14H27N5O2S2/c1-5-23(20,21)18-8-6-7-16-14(15-4)17-9-13-19-12(10-22-13)11(2)3/h10-11,18H,5-9H2,1-4H3,(H2,15,16,17). The third-order valence-corrected chi connectivity index (χ3v) is 5.41. The van der Waals surface area contributed by atoms with Gasteiger partial charge in [-0.1, -0.05) is 13.8 Å². The van der Waals surface area contributed by atoms with Crippen molar-refractivity contribution in [3.05, 3.63) is 16.1 Å². The van der Waals surface area contributed by atoms with Crippen LogP contribution in [0.2, 0.25) is 0 Å². The van der Waals surface area contributed by atoms with Gasteiger partial charge in [-0.25, -0.2) is 18.1 Å². The van der Waals surface area contributed by atoms with Crippen LogP contribution in [0.3, 0.4) is 0 Å². The fraction of sp³-hybridized carbons (Fsp3) is 0.714. The van der Waals surface area contributed by atoms with E-state index < -0.39 is 10.0 Å². The number of aliphatic imine (C=N–C) groups is 1. The lowest BCUT2D eigenvalue weighted by atomic mass is 10.2. The van der Waals surface area contributed by atoms with Crippen molar-refractivity contribution in [1.82, 2.24) is 20.3 Å². The lowest BCUT2D eigenvalue weighted by Crippen LogP contribution is -2.38. The zero-order valence-electron chi connectivity index (χ0n) is 14.2. The van der Waals surface area contributed by atoms with Crippen molar-refractivity contribution in [3.63, 3.8) is 0 Å². The van der Waals surface area contributed by atoms with E-state index in [1.165, 1.54) is 0 Å². The first-order valence-corrected chi connectivity index (χ1v) is 10.3. The lowest BCUT2D eigenvalue weighted by Gasteiger charge is -2.11. The highest BCUT2D eigenvalue weighted by Gasteiger charge is 2.07. The highest BCUT2D eigenvalue weighted by molar-refractivity contribution is 7.89. The van der Waals surface area contributed by atoms with Crippen LogP contribution in [0.4, 0.5) is 0 Å². The van der Waals surface area contributed by atoms with E-state index in [0.717, 1.165) is 10.7 Å². The van der Waals surface area contributed by atoms with Crippen molar-refractivity contribution >= 4 is 27.3 Å². The van der Waals surface area contributed by atoms with E-state index in [0.29, 0.717) is 37.9 Å². The van der Waals surface area contributed by atoms with Crippen LogP contribution in [0.5, 0.6) is 0 Å². The van der Waals surface area contributed by atoms with Gasteiger partial charge in [0.1, 0.15) is 5.01 Å². The van der Waals surface area contributed by atoms with Crippen molar-refractivity contribution in [2.75, 3.05) is 25.9 Å². The maximum absolute atomic E-state index is 11.3. The summed E-state index contributed by atoms with van der Waals surface area (Å²) in [5, 5.41) is 9.46. The van der Waals surface area contributed by atoms with Gasteiger partial charge in [-0.15, -0.1) is 11.3 Å². The fourth-order valence-corrected chi connectivity index (χ4v) is 3.23. The summed E-state index contributed by atoms with van der Waals surface area (Å²) >= 11 is 1.63. The molecule has 0 bridgehead atoms. The minimum absolute atomic E-state index is 0.107. The van der Waals surface area contributed by atoms with E-state index in [4.69, 9.17) is 0 Å². The largest absolute Gasteiger partial charge is 0.356 e. The highest BCUT2D eigenvalue weighted by atomic mass is 32.2. The molecule has 0 spiro atoms. The van der Waals surface area contributed by atoms with Gasteiger partial charge in [-0.05, 0) is 19.3 Å². The van der Waals surface area contributed by atoms with Crippen LogP contribution in [-0.4, -0.2) is 45.3 Å². The molecule has 0 aliphatic rings. The van der Waals surface area contributed by atoms with Crippen LogP contribution in [-0.2, 0) is 16.6 Å². The van der Waals surface area contributed by atoms with Gasteiger partial charge in [0, 0.05) is 25.5 Å². The Balaban J connectivity index is 2.27. The van der Waals surface area contributed by atoms with Gasteiger partial charge in [0.15, 0.2) is 5.96 Å². The van der Waals surface area contributed by atoms with Gasteiger partial charge in [-0.2, -0.15) is 0 Å². The Morgan fingerprint density at radius 1 is 1.35 bits per heavy atom. The molecule has 1 rings (SSSR count). The SMILES string of the molecule is CCS(=O)(=O)NCCCNC(=NC)NCc1nc(C(C)C)cs1. The minimum atomic E-state index is -3.11. The van der Waals surface area contributed by atoms with Gasteiger partial charge < -0.3 is 10.6 Å². The number of rotatable bonds is 9. The molecule has 9 heteroatoms. The molecule has 23 heavy (non-hydrogen) atoms. The summed E-state index contributed by atoms with van der Waals surface area (Å²) in [5.74, 6) is 1.23. The molecule has 0 radical (unpaired) electrons. The van der Waals surface area contributed by atoms with Crippen LogP contribution in [0.15, 0.2) is 10.4 Å². The summed E-state index contributed by atoms with van der Waals surface area (Å²) in [5.41, 5.74) is 1.11. The van der Waals surface area contributed by atoms with Crippen molar-refractivity contribution in [3.8, 4) is 0 Å². The lowest BCUT2D eigenvalue weighted by molar-refractivity contribution is 0.579. The number of hydrogen-bond donors (Lipinski definition) is 3. The second kappa shape index (κ2) is 9.84. The first kappa shape index (κ1) is 19.9. The Labute approximate surface area is 143 Å². The van der Waals surface area contributed by atoms with Crippen molar-refractivity contribution in [2.45, 2.75) is 39.7 Å². The van der Waals surface area contributed by atoms with E-state index in [-0.39, 0.29) is 5.75 Å². The molecule has 0 atom stereocenters. The third-order valence-electron chi connectivity index (χ3n) is 3.14. The van der Waals surface area contributed by atoms with Gasteiger partial charge in [0.2, 0.25) is 10.0 Å². The average Bonchev–Trinajstić information content (AvgIpc) is 2.99. The molecular formula is C14H27N5O2S2. The number of aromatic nitrogens is 1. The van der Waals surface area contributed by atoms with E-state index in [9.17, 15) is 8.42 Å². The summed E-state index contributed by atoms with van der Waals surface area (Å²) in [6, 6.07) is 0. The molecule has 0 fully saturated rings. The number of guanidine groups is 1. The Bertz CT molecular complexity index is 596. The normalized spacial score (nSPS) is 12.7. The predicted octanol–water partition coefficient (Wildman–Crippen LogP) is 1.26. The highest BCUT2D eigenvalue weighted by Crippen LogP contribution is 2.17. The zero-order chi connectivity index (χ0) is 17.3. The van der Waals surface area contributed by atoms with Crippen molar-refractivity contribution in [1.29, 1.82) is 0 Å². The van der Waals surface area contributed by atoms with Crippen LogP contribution in [0.1, 0.15) is 43.8 Å². The molecule has 0 aliphatic carbocycles. The Morgan fingerprint density at radius 3 is 2.65 bits per heavy atom. The maximum Gasteiger partial charge on any atom is 0.211 e. The quantitative estimate of drug-likeness (QED) is 0.350. The molecule has 1 heterocycles. The molecule has 132 valence electrons. The summed E-state index contributed by atoms with van der Waals surface area (Å²) in [6.45, 7) is 7.56. The molecular weight excluding hydrogens is 334 g/mol. The van der Waals surface area contributed by atoms with E-state index in [1.54, 1.807) is 25.3 Å². The first-order chi connectivity index (χ1) is 10.9. The monoisotopic (exact) mass is 361 g/mol. The molecule has 0 saturated carbocycles. The molecule has 7 nitrogen and oxygen atoms in total. The molecule has 0 unspecified atom stereocenters. The second-order valence-corrected chi connectivity index (χ2v) is 8.36. The Hall–Kier alpha value is -1.19. The van der Waals surface area contributed by atoms with E-state index in [2.05, 4.69) is 44.6 Å². The summed E-state index contributed by atoms with van der Waals surface area (Å²) in [4.78, 5) is 8.70. The number of thiazole rings is 1. The topological polar surface area (TPSA) is 95.5 Å². The minimum Gasteiger partial charge on any atom is -0.356 e. The molecule has 0 aromatic carbocycles. The van der Waals surface area contributed by atoms with E-state index >= 15 is 0 Å². The number of hydrogen-bond acceptors (Lipinski definition) is 5. The maximum atomic E-state index is 11.3. The molecule has 3 N–H and O–H groups in total. The molecule has 1 aromatic rings. The molecule has 0 amide bonds. The van der Waals surface area contributed by atoms with Gasteiger partial charge >= 0.3 is 0 Å². The summed E-state index contributed by atoms with van der Waals surface area (Å²) in [6.07, 6.45) is 0.689. The van der Waals surface area contributed by atoms with Crippen LogP contribution < -0.4 is 15.4 Å². The zero-order valence-corrected chi connectivity index (χ0v) is 15.9. The Kier molecular flexibility index (Phi) is 8.49. The fourth-order valence-electron chi connectivity index (χ4n) is 1.68. The molecule has 0 saturated heterocycles. The number of nitrogens with one attached hydrogen (secondary N) is 3.